The lowest BCUT2D eigenvalue weighted by atomic mass is 10.1. The van der Waals surface area contributed by atoms with Crippen molar-refractivity contribution < 1.29 is 9.47 Å². The fourth-order valence-electron chi connectivity index (χ4n) is 2.89. The van der Waals surface area contributed by atoms with Gasteiger partial charge < -0.3 is 19.2 Å². The van der Waals surface area contributed by atoms with Crippen molar-refractivity contribution in [1.82, 2.24) is 14.7 Å². The zero-order chi connectivity index (χ0) is 18.4. The van der Waals surface area contributed by atoms with Crippen LogP contribution in [0.2, 0.25) is 0 Å². The molecule has 0 spiro atoms. The second kappa shape index (κ2) is 8.72. The van der Waals surface area contributed by atoms with Crippen molar-refractivity contribution in [3.05, 3.63) is 60.0 Å². The molecule has 0 aliphatic carbocycles. The minimum Gasteiger partial charge on any atom is -0.493 e. The Kier molecular flexibility index (Phi) is 6.12. The van der Waals surface area contributed by atoms with Gasteiger partial charge in [-0.15, -0.1) is 0 Å². The molecule has 0 fully saturated rings. The van der Waals surface area contributed by atoms with Crippen LogP contribution in [0.1, 0.15) is 44.0 Å². The molecule has 0 amide bonds. The Morgan fingerprint density at radius 3 is 2.88 bits per heavy atom. The van der Waals surface area contributed by atoms with Crippen LogP contribution in [-0.4, -0.2) is 23.1 Å². The quantitative estimate of drug-likeness (QED) is 0.580. The molecule has 1 atom stereocenters. The van der Waals surface area contributed by atoms with Gasteiger partial charge in [-0.2, -0.15) is 0 Å². The first-order valence-electron chi connectivity index (χ1n) is 9.18. The zero-order valence-corrected chi connectivity index (χ0v) is 15.7. The van der Waals surface area contributed by atoms with E-state index in [1.165, 1.54) is 5.56 Å². The molecular formula is C21H27N3O2. The number of hydrogen-bond donors (Lipinski definition) is 1. The monoisotopic (exact) mass is 353 g/mol. The topological polar surface area (TPSA) is 47.8 Å². The van der Waals surface area contributed by atoms with Crippen molar-refractivity contribution in [1.29, 1.82) is 0 Å². The van der Waals surface area contributed by atoms with E-state index in [-0.39, 0.29) is 6.04 Å². The lowest BCUT2D eigenvalue weighted by Crippen LogP contribution is -2.19. The smallest absolute Gasteiger partial charge is 0.161 e. The van der Waals surface area contributed by atoms with Gasteiger partial charge in [0.2, 0.25) is 0 Å². The van der Waals surface area contributed by atoms with Crippen molar-refractivity contribution >= 4 is 5.65 Å². The maximum atomic E-state index is 5.81. The second-order valence-electron chi connectivity index (χ2n) is 6.39. The van der Waals surface area contributed by atoms with Gasteiger partial charge in [0.1, 0.15) is 5.65 Å². The molecule has 0 radical (unpaired) electrons. The highest BCUT2D eigenvalue weighted by molar-refractivity contribution is 5.44. The molecule has 5 nitrogen and oxygen atoms in total. The second-order valence-corrected chi connectivity index (χ2v) is 6.39. The van der Waals surface area contributed by atoms with Gasteiger partial charge in [0, 0.05) is 18.8 Å². The summed E-state index contributed by atoms with van der Waals surface area (Å²) < 4.78 is 13.4. The van der Waals surface area contributed by atoms with E-state index in [2.05, 4.69) is 34.6 Å². The van der Waals surface area contributed by atoms with E-state index in [0.29, 0.717) is 6.61 Å². The molecule has 5 heteroatoms. The molecule has 0 bridgehead atoms. The molecule has 1 aromatic carbocycles. The molecule has 2 aromatic heterocycles. The van der Waals surface area contributed by atoms with Crippen molar-refractivity contribution in [2.24, 2.45) is 0 Å². The summed E-state index contributed by atoms with van der Waals surface area (Å²) in [5.41, 5.74) is 3.27. The molecule has 0 saturated heterocycles. The van der Waals surface area contributed by atoms with Gasteiger partial charge in [0.25, 0.3) is 0 Å². The summed E-state index contributed by atoms with van der Waals surface area (Å²) in [6, 6.07) is 12.3. The Bertz CT molecular complexity index is 844. The summed E-state index contributed by atoms with van der Waals surface area (Å²) in [4.78, 5) is 4.43. The average Bonchev–Trinajstić information content (AvgIpc) is 3.09. The van der Waals surface area contributed by atoms with E-state index in [0.717, 1.165) is 42.2 Å². The zero-order valence-electron chi connectivity index (χ0n) is 15.7. The first-order valence-corrected chi connectivity index (χ1v) is 9.18. The van der Waals surface area contributed by atoms with Crippen molar-refractivity contribution in [2.75, 3.05) is 13.7 Å². The van der Waals surface area contributed by atoms with E-state index in [1.807, 2.05) is 42.7 Å². The Labute approximate surface area is 155 Å². The summed E-state index contributed by atoms with van der Waals surface area (Å²) in [6.45, 7) is 5.76. The number of aromatic nitrogens is 2. The molecule has 0 aliphatic heterocycles. The minimum atomic E-state index is 0.183. The van der Waals surface area contributed by atoms with Gasteiger partial charge in [0.15, 0.2) is 11.5 Å². The van der Waals surface area contributed by atoms with Crippen LogP contribution in [0.4, 0.5) is 0 Å². The Morgan fingerprint density at radius 1 is 1.19 bits per heavy atom. The number of nitrogens with one attached hydrogen (secondary N) is 1. The third-order valence-electron chi connectivity index (χ3n) is 4.53. The molecular weight excluding hydrogens is 326 g/mol. The van der Waals surface area contributed by atoms with Gasteiger partial charge in [-0.3, -0.25) is 0 Å². The predicted octanol–water partition coefficient (Wildman–Crippen LogP) is 4.37. The Balaban J connectivity index is 1.66. The molecule has 0 saturated carbocycles. The molecule has 26 heavy (non-hydrogen) atoms. The fraction of sp³-hybridized carbons (Fsp3) is 0.381. The van der Waals surface area contributed by atoms with Crippen LogP contribution in [0, 0.1) is 0 Å². The first-order chi connectivity index (χ1) is 12.7. The maximum absolute atomic E-state index is 5.81. The number of imidazole rings is 1. The highest BCUT2D eigenvalue weighted by atomic mass is 16.5. The van der Waals surface area contributed by atoms with Gasteiger partial charge in [-0.05, 0) is 43.2 Å². The maximum Gasteiger partial charge on any atom is 0.161 e. The van der Waals surface area contributed by atoms with Crippen molar-refractivity contribution in [3.63, 3.8) is 0 Å². The minimum absolute atomic E-state index is 0.183. The van der Waals surface area contributed by atoms with Crippen LogP contribution in [0.3, 0.4) is 0 Å². The normalized spacial score (nSPS) is 12.3. The number of unbranched alkanes of at least 4 members (excludes halogenated alkanes) is 1. The number of fused-ring (bicyclic) bond motifs is 1. The van der Waals surface area contributed by atoms with Crippen LogP contribution >= 0.6 is 0 Å². The molecule has 3 rings (SSSR count). The van der Waals surface area contributed by atoms with Crippen molar-refractivity contribution in [2.45, 2.75) is 39.3 Å². The number of benzene rings is 1. The lowest BCUT2D eigenvalue weighted by Gasteiger charge is -2.17. The van der Waals surface area contributed by atoms with Gasteiger partial charge in [-0.25, -0.2) is 4.98 Å². The summed E-state index contributed by atoms with van der Waals surface area (Å²) in [5.74, 6) is 1.58. The van der Waals surface area contributed by atoms with Crippen LogP contribution in [0.15, 0.2) is 48.8 Å². The lowest BCUT2D eigenvalue weighted by molar-refractivity contribution is 0.288. The standard InChI is InChI=1S/C21H27N3O2/c1-4-5-12-26-19-10-9-17(13-20(19)25-3)16(2)22-14-18-15-23-21-8-6-7-11-24(18)21/h6-11,13,15-16,22H,4-5,12,14H2,1-3H3. The number of hydrogen-bond acceptors (Lipinski definition) is 4. The SMILES string of the molecule is CCCCOc1ccc(C(C)NCc2cnc3ccccn23)cc1OC. The largest absolute Gasteiger partial charge is 0.493 e. The highest BCUT2D eigenvalue weighted by Crippen LogP contribution is 2.30. The summed E-state index contributed by atoms with van der Waals surface area (Å²) in [7, 11) is 1.68. The molecule has 0 aliphatic rings. The average molecular weight is 353 g/mol. The van der Waals surface area contributed by atoms with Gasteiger partial charge in [0.05, 0.1) is 25.6 Å². The third kappa shape index (κ3) is 4.17. The molecule has 2 heterocycles. The summed E-state index contributed by atoms with van der Waals surface area (Å²) >= 11 is 0. The number of rotatable bonds is 9. The summed E-state index contributed by atoms with van der Waals surface area (Å²) in [6.07, 6.45) is 6.11. The van der Waals surface area contributed by atoms with Crippen LogP contribution in [0.5, 0.6) is 11.5 Å². The van der Waals surface area contributed by atoms with E-state index < -0.39 is 0 Å². The Hall–Kier alpha value is -2.53. The van der Waals surface area contributed by atoms with Crippen LogP contribution in [0.25, 0.3) is 5.65 Å². The highest BCUT2D eigenvalue weighted by Gasteiger charge is 2.11. The molecule has 1 N–H and O–H groups in total. The molecule has 138 valence electrons. The number of pyridine rings is 1. The summed E-state index contributed by atoms with van der Waals surface area (Å²) in [5, 5.41) is 3.56. The molecule has 3 aromatic rings. The van der Waals surface area contributed by atoms with E-state index in [1.54, 1.807) is 7.11 Å². The number of ether oxygens (including phenoxy) is 2. The first kappa shape index (κ1) is 18.3. The number of nitrogens with zero attached hydrogens (tertiary/aromatic N) is 2. The Morgan fingerprint density at radius 2 is 2.08 bits per heavy atom. The van der Waals surface area contributed by atoms with Gasteiger partial charge >= 0.3 is 0 Å². The third-order valence-corrected chi connectivity index (χ3v) is 4.53. The van der Waals surface area contributed by atoms with E-state index >= 15 is 0 Å². The van der Waals surface area contributed by atoms with E-state index in [9.17, 15) is 0 Å². The predicted molar refractivity (Wildman–Crippen MR) is 104 cm³/mol. The van der Waals surface area contributed by atoms with Crippen LogP contribution < -0.4 is 14.8 Å². The fourth-order valence-corrected chi connectivity index (χ4v) is 2.89. The van der Waals surface area contributed by atoms with E-state index in [4.69, 9.17) is 9.47 Å². The van der Waals surface area contributed by atoms with Gasteiger partial charge in [-0.1, -0.05) is 25.5 Å². The van der Waals surface area contributed by atoms with Crippen molar-refractivity contribution in [3.8, 4) is 11.5 Å². The molecule has 1 unspecified atom stereocenters. The van der Waals surface area contributed by atoms with Crippen LogP contribution in [-0.2, 0) is 6.54 Å². The number of methoxy groups -OCH3 is 1.